The van der Waals surface area contributed by atoms with Crippen LogP contribution in [0.2, 0.25) is 0 Å². The summed E-state index contributed by atoms with van der Waals surface area (Å²) in [5.41, 5.74) is -0.314. The Labute approximate surface area is 72.2 Å². The van der Waals surface area contributed by atoms with Gasteiger partial charge in [-0.25, -0.2) is 0 Å². The summed E-state index contributed by atoms with van der Waals surface area (Å²) in [7, 11) is 0. The van der Waals surface area contributed by atoms with Crippen LogP contribution in [0.3, 0.4) is 0 Å². The van der Waals surface area contributed by atoms with Crippen LogP contribution >= 0.6 is 0 Å². The number of carbonyl (C=O) groups is 1. The standard InChI is InChI=1S/C8H14N2O2/c1-8(2,6-11)5-10-7(12)3-4-9/h11H,3,5-6H2,1-2H3,(H,10,12). The molecule has 1 amide bonds. The second kappa shape index (κ2) is 4.73. The number of nitriles is 1. The molecule has 0 rings (SSSR count). The van der Waals surface area contributed by atoms with Crippen LogP contribution in [-0.2, 0) is 4.79 Å². The van der Waals surface area contributed by atoms with Gasteiger partial charge in [-0.1, -0.05) is 13.8 Å². The van der Waals surface area contributed by atoms with Crippen LogP contribution in [0.1, 0.15) is 20.3 Å². The highest BCUT2D eigenvalue weighted by atomic mass is 16.3. The SMILES string of the molecule is CC(C)(CO)CNC(=O)CC#N. The highest BCUT2D eigenvalue weighted by Crippen LogP contribution is 2.10. The van der Waals surface area contributed by atoms with Crippen molar-refractivity contribution < 1.29 is 9.90 Å². The van der Waals surface area contributed by atoms with E-state index in [2.05, 4.69) is 5.32 Å². The Hall–Kier alpha value is -1.08. The first-order valence-electron chi connectivity index (χ1n) is 3.76. The Balaban J connectivity index is 3.69. The number of hydrogen-bond donors (Lipinski definition) is 2. The van der Waals surface area contributed by atoms with E-state index < -0.39 is 0 Å². The van der Waals surface area contributed by atoms with Crippen LogP contribution in [0.15, 0.2) is 0 Å². The predicted octanol–water partition coefficient (Wildman–Crippen LogP) is 0.0348. The van der Waals surface area contributed by atoms with Crippen LogP contribution < -0.4 is 5.32 Å². The van der Waals surface area contributed by atoms with Gasteiger partial charge < -0.3 is 10.4 Å². The molecule has 0 aliphatic rings. The zero-order valence-electron chi connectivity index (χ0n) is 7.42. The number of nitrogens with zero attached hydrogens (tertiary/aromatic N) is 1. The van der Waals surface area contributed by atoms with E-state index >= 15 is 0 Å². The highest BCUT2D eigenvalue weighted by Gasteiger charge is 2.16. The fraction of sp³-hybridized carbons (Fsp3) is 0.750. The zero-order valence-corrected chi connectivity index (χ0v) is 7.42. The molecular formula is C8H14N2O2. The van der Waals surface area contributed by atoms with Crippen molar-refractivity contribution in [1.82, 2.24) is 5.32 Å². The number of amides is 1. The number of carbonyl (C=O) groups excluding carboxylic acids is 1. The Morgan fingerprint density at radius 2 is 2.25 bits per heavy atom. The summed E-state index contributed by atoms with van der Waals surface area (Å²) in [4.78, 5) is 10.8. The van der Waals surface area contributed by atoms with Gasteiger partial charge >= 0.3 is 0 Å². The zero-order chi connectivity index (χ0) is 9.61. The molecule has 0 radical (unpaired) electrons. The number of aliphatic hydroxyl groups excluding tert-OH is 1. The molecule has 0 saturated carbocycles. The van der Waals surface area contributed by atoms with Gasteiger partial charge in [-0.2, -0.15) is 5.26 Å². The van der Waals surface area contributed by atoms with E-state index in [0.717, 1.165) is 0 Å². The van der Waals surface area contributed by atoms with Crippen LogP contribution in [-0.4, -0.2) is 24.2 Å². The van der Waals surface area contributed by atoms with E-state index in [1.807, 2.05) is 13.8 Å². The van der Waals surface area contributed by atoms with E-state index in [0.29, 0.717) is 6.54 Å². The molecule has 0 unspecified atom stereocenters. The Morgan fingerprint density at radius 1 is 1.67 bits per heavy atom. The second-order valence-electron chi connectivity index (χ2n) is 3.43. The fourth-order valence-electron chi connectivity index (χ4n) is 0.528. The maximum Gasteiger partial charge on any atom is 0.234 e. The summed E-state index contributed by atoms with van der Waals surface area (Å²) < 4.78 is 0. The first kappa shape index (κ1) is 10.9. The fourth-order valence-corrected chi connectivity index (χ4v) is 0.528. The summed E-state index contributed by atoms with van der Waals surface area (Å²) in [5, 5.41) is 19.5. The molecule has 0 aliphatic heterocycles. The largest absolute Gasteiger partial charge is 0.396 e. The van der Waals surface area contributed by atoms with E-state index in [-0.39, 0.29) is 24.3 Å². The first-order chi connectivity index (χ1) is 5.52. The minimum Gasteiger partial charge on any atom is -0.396 e. The molecular weight excluding hydrogens is 156 g/mol. The summed E-state index contributed by atoms with van der Waals surface area (Å²) in [6, 6.07) is 1.75. The average Bonchev–Trinajstić information content (AvgIpc) is 2.02. The first-order valence-corrected chi connectivity index (χ1v) is 3.76. The maximum absolute atomic E-state index is 10.8. The topological polar surface area (TPSA) is 73.1 Å². The molecule has 0 fully saturated rings. The van der Waals surface area contributed by atoms with Gasteiger partial charge in [0.25, 0.3) is 0 Å². The predicted molar refractivity (Wildman–Crippen MR) is 44.1 cm³/mol. The van der Waals surface area contributed by atoms with Gasteiger partial charge in [-0.3, -0.25) is 4.79 Å². The molecule has 0 atom stereocenters. The van der Waals surface area contributed by atoms with Gasteiger partial charge in [0, 0.05) is 18.6 Å². The smallest absolute Gasteiger partial charge is 0.234 e. The summed E-state index contributed by atoms with van der Waals surface area (Å²) in [6.07, 6.45) is -0.124. The molecule has 12 heavy (non-hydrogen) atoms. The van der Waals surface area contributed by atoms with E-state index in [4.69, 9.17) is 10.4 Å². The minimum atomic E-state index is -0.314. The van der Waals surface area contributed by atoms with E-state index in [9.17, 15) is 4.79 Å². The lowest BCUT2D eigenvalue weighted by molar-refractivity contribution is -0.120. The van der Waals surface area contributed by atoms with Gasteiger partial charge in [-0.15, -0.1) is 0 Å². The van der Waals surface area contributed by atoms with Crippen LogP contribution in [0, 0.1) is 16.7 Å². The van der Waals surface area contributed by atoms with Crippen LogP contribution in [0.4, 0.5) is 0 Å². The van der Waals surface area contributed by atoms with Gasteiger partial charge in [0.2, 0.25) is 5.91 Å². The van der Waals surface area contributed by atoms with Crippen molar-refractivity contribution in [2.24, 2.45) is 5.41 Å². The lowest BCUT2D eigenvalue weighted by atomic mass is 9.95. The molecule has 68 valence electrons. The Bertz CT molecular complexity index is 194. The molecule has 4 nitrogen and oxygen atoms in total. The van der Waals surface area contributed by atoms with Crippen molar-refractivity contribution in [2.75, 3.05) is 13.2 Å². The third-order valence-corrected chi connectivity index (χ3v) is 1.43. The molecule has 0 aromatic rings. The quantitative estimate of drug-likeness (QED) is 0.625. The lowest BCUT2D eigenvalue weighted by Crippen LogP contribution is -2.35. The third kappa shape index (κ3) is 4.69. The molecule has 0 saturated heterocycles. The molecule has 0 bridgehead atoms. The van der Waals surface area contributed by atoms with Crippen molar-refractivity contribution >= 4 is 5.91 Å². The van der Waals surface area contributed by atoms with Crippen LogP contribution in [0.5, 0.6) is 0 Å². The van der Waals surface area contributed by atoms with Crippen molar-refractivity contribution in [3.05, 3.63) is 0 Å². The number of nitrogens with one attached hydrogen (secondary N) is 1. The summed E-state index contributed by atoms with van der Waals surface area (Å²) in [6.45, 7) is 4.07. The lowest BCUT2D eigenvalue weighted by Gasteiger charge is -2.21. The van der Waals surface area contributed by atoms with Crippen molar-refractivity contribution in [3.8, 4) is 6.07 Å². The van der Waals surface area contributed by atoms with Crippen molar-refractivity contribution in [3.63, 3.8) is 0 Å². The molecule has 0 heterocycles. The summed E-state index contributed by atoms with van der Waals surface area (Å²) in [5.74, 6) is -0.293. The van der Waals surface area contributed by atoms with E-state index in [1.165, 1.54) is 0 Å². The highest BCUT2D eigenvalue weighted by molar-refractivity contribution is 5.77. The molecule has 2 N–H and O–H groups in total. The molecule has 0 aromatic heterocycles. The molecule has 0 aliphatic carbocycles. The Kier molecular flexibility index (Phi) is 4.30. The Morgan fingerprint density at radius 3 is 2.67 bits per heavy atom. The second-order valence-corrected chi connectivity index (χ2v) is 3.43. The molecule has 0 spiro atoms. The third-order valence-electron chi connectivity index (χ3n) is 1.43. The van der Waals surface area contributed by atoms with Crippen molar-refractivity contribution in [1.29, 1.82) is 5.26 Å². The van der Waals surface area contributed by atoms with Gasteiger partial charge in [0.05, 0.1) is 6.07 Å². The van der Waals surface area contributed by atoms with Gasteiger partial charge in [0.15, 0.2) is 0 Å². The normalized spacial score (nSPS) is 10.5. The molecule has 0 aromatic carbocycles. The van der Waals surface area contributed by atoms with Gasteiger partial charge in [-0.05, 0) is 0 Å². The van der Waals surface area contributed by atoms with Gasteiger partial charge in [0.1, 0.15) is 6.42 Å². The number of aliphatic hydroxyl groups is 1. The average molecular weight is 170 g/mol. The van der Waals surface area contributed by atoms with E-state index in [1.54, 1.807) is 6.07 Å². The minimum absolute atomic E-state index is 0.0137. The number of rotatable bonds is 4. The maximum atomic E-state index is 10.8. The monoisotopic (exact) mass is 170 g/mol. The number of hydrogen-bond acceptors (Lipinski definition) is 3. The van der Waals surface area contributed by atoms with Crippen LogP contribution in [0.25, 0.3) is 0 Å². The summed E-state index contributed by atoms with van der Waals surface area (Å²) >= 11 is 0. The van der Waals surface area contributed by atoms with Crippen molar-refractivity contribution in [2.45, 2.75) is 20.3 Å². The molecule has 4 heteroatoms.